The first-order chi connectivity index (χ1) is 13.0. The van der Waals surface area contributed by atoms with Gasteiger partial charge in [0.2, 0.25) is 5.95 Å². The Hall–Kier alpha value is -2.45. The number of aromatic amines is 1. The molecule has 0 spiro atoms. The Morgan fingerprint density at radius 2 is 1.93 bits per heavy atom. The molecule has 0 amide bonds. The van der Waals surface area contributed by atoms with Crippen LogP contribution in [0, 0.1) is 6.92 Å². The molecule has 1 atom stereocenters. The average molecular weight is 430 g/mol. The highest BCUT2D eigenvalue weighted by atomic mass is 79.9. The number of piperazine rings is 1. The number of anilines is 1. The second-order valence-electron chi connectivity index (χ2n) is 6.76. The van der Waals surface area contributed by atoms with Crippen molar-refractivity contribution in [3.05, 3.63) is 52.4 Å². The zero-order valence-electron chi connectivity index (χ0n) is 14.9. The molecule has 7 nitrogen and oxygen atoms in total. The largest absolute Gasteiger partial charge is 0.480 e. The lowest BCUT2D eigenvalue weighted by Crippen LogP contribution is -2.49. The van der Waals surface area contributed by atoms with Crippen LogP contribution in [0.15, 0.2) is 41.3 Å². The fraction of sp³-hybridized carbons (Fsp3) is 0.316. The standard InChI is InChI=1S/C19H20BrN5O2/c1-12-2-3-16-14(8-12)15(11-21-16)17(18(26)27)24-4-6-25(7-5-24)19-22-9-13(20)10-23-19/h2-3,8-11,17,21H,4-7H2,1H3,(H,26,27). The van der Waals surface area contributed by atoms with Crippen molar-refractivity contribution >= 4 is 38.8 Å². The first kappa shape index (κ1) is 17.9. The van der Waals surface area contributed by atoms with Crippen molar-refractivity contribution in [3.63, 3.8) is 0 Å². The molecule has 140 valence electrons. The molecular formula is C19H20BrN5O2. The Bertz CT molecular complexity index is 964. The monoisotopic (exact) mass is 429 g/mol. The Morgan fingerprint density at radius 1 is 1.22 bits per heavy atom. The maximum absolute atomic E-state index is 12.1. The van der Waals surface area contributed by atoms with Crippen molar-refractivity contribution in [2.75, 3.05) is 31.1 Å². The number of carbonyl (C=O) groups is 1. The number of rotatable bonds is 4. The zero-order valence-corrected chi connectivity index (χ0v) is 16.5. The molecule has 0 radical (unpaired) electrons. The van der Waals surface area contributed by atoms with Crippen LogP contribution >= 0.6 is 15.9 Å². The van der Waals surface area contributed by atoms with E-state index in [0.717, 1.165) is 26.5 Å². The molecule has 27 heavy (non-hydrogen) atoms. The number of aromatic nitrogens is 3. The van der Waals surface area contributed by atoms with Crippen LogP contribution in [-0.2, 0) is 4.79 Å². The topological polar surface area (TPSA) is 85.4 Å². The van der Waals surface area contributed by atoms with E-state index in [2.05, 4.69) is 35.8 Å². The van der Waals surface area contributed by atoms with Crippen molar-refractivity contribution in [2.45, 2.75) is 13.0 Å². The number of aryl methyl sites for hydroxylation is 1. The van der Waals surface area contributed by atoms with Gasteiger partial charge in [-0.05, 0) is 35.0 Å². The van der Waals surface area contributed by atoms with Gasteiger partial charge in [0, 0.05) is 61.2 Å². The molecule has 0 saturated carbocycles. The molecule has 1 aliphatic heterocycles. The quantitative estimate of drug-likeness (QED) is 0.662. The fourth-order valence-electron chi connectivity index (χ4n) is 3.62. The van der Waals surface area contributed by atoms with Gasteiger partial charge in [-0.3, -0.25) is 9.69 Å². The third kappa shape index (κ3) is 3.54. The van der Waals surface area contributed by atoms with E-state index >= 15 is 0 Å². The van der Waals surface area contributed by atoms with E-state index in [9.17, 15) is 9.90 Å². The van der Waals surface area contributed by atoms with Gasteiger partial charge in [0.25, 0.3) is 0 Å². The van der Waals surface area contributed by atoms with Gasteiger partial charge < -0.3 is 15.0 Å². The molecule has 1 unspecified atom stereocenters. The van der Waals surface area contributed by atoms with E-state index in [1.54, 1.807) is 12.4 Å². The molecule has 8 heteroatoms. The van der Waals surface area contributed by atoms with E-state index in [-0.39, 0.29) is 0 Å². The summed E-state index contributed by atoms with van der Waals surface area (Å²) in [5.41, 5.74) is 2.89. The molecule has 1 aromatic carbocycles. The van der Waals surface area contributed by atoms with Crippen LogP contribution < -0.4 is 4.90 Å². The summed E-state index contributed by atoms with van der Waals surface area (Å²) in [6.45, 7) is 4.66. The molecule has 2 N–H and O–H groups in total. The first-order valence-corrected chi connectivity index (χ1v) is 9.59. The predicted octanol–water partition coefficient (Wildman–Crippen LogP) is 2.98. The second kappa shape index (κ2) is 7.28. The number of aliphatic carboxylic acids is 1. The summed E-state index contributed by atoms with van der Waals surface area (Å²) < 4.78 is 0.838. The molecule has 1 saturated heterocycles. The summed E-state index contributed by atoms with van der Waals surface area (Å²) in [5, 5.41) is 10.9. The first-order valence-electron chi connectivity index (χ1n) is 8.80. The van der Waals surface area contributed by atoms with E-state index in [1.807, 2.05) is 36.2 Å². The van der Waals surface area contributed by atoms with Crippen molar-refractivity contribution in [1.82, 2.24) is 19.9 Å². The van der Waals surface area contributed by atoms with Crippen LogP contribution in [0.3, 0.4) is 0 Å². The van der Waals surface area contributed by atoms with Gasteiger partial charge >= 0.3 is 5.97 Å². The van der Waals surface area contributed by atoms with E-state index in [0.29, 0.717) is 32.1 Å². The molecule has 0 bridgehead atoms. The number of halogens is 1. The maximum Gasteiger partial charge on any atom is 0.325 e. The van der Waals surface area contributed by atoms with Crippen LogP contribution in [0.25, 0.3) is 10.9 Å². The van der Waals surface area contributed by atoms with Crippen molar-refractivity contribution in [2.24, 2.45) is 0 Å². The minimum atomic E-state index is -0.828. The number of H-pyrrole nitrogens is 1. The molecule has 0 aliphatic carbocycles. The van der Waals surface area contributed by atoms with Gasteiger partial charge in [-0.2, -0.15) is 0 Å². The second-order valence-corrected chi connectivity index (χ2v) is 7.67. The van der Waals surface area contributed by atoms with Crippen LogP contribution in [0.2, 0.25) is 0 Å². The molecule has 3 heterocycles. The van der Waals surface area contributed by atoms with Gasteiger partial charge in [0.15, 0.2) is 0 Å². The van der Waals surface area contributed by atoms with Gasteiger partial charge in [-0.25, -0.2) is 9.97 Å². The summed E-state index contributed by atoms with van der Waals surface area (Å²) in [5.74, 6) is -0.154. The highest BCUT2D eigenvalue weighted by molar-refractivity contribution is 9.10. The normalized spacial score (nSPS) is 16.6. The number of hydrogen-bond acceptors (Lipinski definition) is 5. The van der Waals surface area contributed by atoms with Gasteiger partial charge in [-0.15, -0.1) is 0 Å². The average Bonchev–Trinajstić information content (AvgIpc) is 3.06. The summed E-state index contributed by atoms with van der Waals surface area (Å²) >= 11 is 3.34. The number of carboxylic acids is 1. The van der Waals surface area contributed by atoms with E-state index in [4.69, 9.17) is 0 Å². The number of nitrogens with one attached hydrogen (secondary N) is 1. The van der Waals surface area contributed by atoms with Crippen LogP contribution in [-0.4, -0.2) is 57.1 Å². The number of carboxylic acid groups (broad SMARTS) is 1. The molecule has 4 rings (SSSR count). The molecular weight excluding hydrogens is 410 g/mol. The number of fused-ring (bicyclic) bond motifs is 1. The molecule has 2 aromatic heterocycles. The number of nitrogens with zero attached hydrogens (tertiary/aromatic N) is 4. The highest BCUT2D eigenvalue weighted by Crippen LogP contribution is 2.30. The number of benzene rings is 1. The molecule has 1 aliphatic rings. The van der Waals surface area contributed by atoms with Gasteiger partial charge in [-0.1, -0.05) is 11.6 Å². The fourth-order valence-corrected chi connectivity index (χ4v) is 3.82. The summed E-state index contributed by atoms with van der Waals surface area (Å²) in [6, 6.07) is 5.39. The summed E-state index contributed by atoms with van der Waals surface area (Å²) in [6.07, 6.45) is 5.28. The van der Waals surface area contributed by atoms with Crippen molar-refractivity contribution in [3.8, 4) is 0 Å². The third-order valence-electron chi connectivity index (χ3n) is 4.97. The summed E-state index contributed by atoms with van der Waals surface area (Å²) in [4.78, 5) is 28.1. The lowest BCUT2D eigenvalue weighted by atomic mass is 10.0. The minimum absolute atomic E-state index is 0.634. The highest BCUT2D eigenvalue weighted by Gasteiger charge is 2.32. The van der Waals surface area contributed by atoms with Crippen LogP contribution in [0.5, 0.6) is 0 Å². The number of hydrogen-bond donors (Lipinski definition) is 2. The zero-order chi connectivity index (χ0) is 19.0. The van der Waals surface area contributed by atoms with E-state index in [1.165, 1.54) is 0 Å². The lowest BCUT2D eigenvalue weighted by molar-refractivity contribution is -0.143. The third-order valence-corrected chi connectivity index (χ3v) is 5.38. The molecule has 1 fully saturated rings. The van der Waals surface area contributed by atoms with E-state index < -0.39 is 12.0 Å². The van der Waals surface area contributed by atoms with Crippen molar-refractivity contribution < 1.29 is 9.90 Å². The Balaban J connectivity index is 1.56. The Morgan fingerprint density at radius 3 is 2.59 bits per heavy atom. The van der Waals surface area contributed by atoms with Crippen LogP contribution in [0.1, 0.15) is 17.2 Å². The van der Waals surface area contributed by atoms with Gasteiger partial charge in [0.05, 0.1) is 4.47 Å². The smallest absolute Gasteiger partial charge is 0.325 e. The van der Waals surface area contributed by atoms with Crippen molar-refractivity contribution in [1.29, 1.82) is 0 Å². The Kier molecular flexibility index (Phi) is 4.84. The SMILES string of the molecule is Cc1ccc2[nH]cc(C(C(=O)O)N3CCN(c4ncc(Br)cn4)CC3)c2c1. The lowest BCUT2D eigenvalue weighted by Gasteiger charge is -2.37. The predicted molar refractivity (Wildman–Crippen MR) is 107 cm³/mol. The Labute approximate surface area is 165 Å². The van der Waals surface area contributed by atoms with Gasteiger partial charge in [0.1, 0.15) is 6.04 Å². The minimum Gasteiger partial charge on any atom is -0.480 e. The van der Waals surface area contributed by atoms with Crippen LogP contribution in [0.4, 0.5) is 5.95 Å². The maximum atomic E-state index is 12.1. The summed E-state index contributed by atoms with van der Waals surface area (Å²) in [7, 11) is 0. The molecule has 3 aromatic rings.